The van der Waals surface area contributed by atoms with Crippen molar-refractivity contribution in [3.63, 3.8) is 0 Å². The lowest BCUT2D eigenvalue weighted by Gasteiger charge is -2.30. The molecule has 2 amide bonds. The third-order valence-corrected chi connectivity index (χ3v) is 5.13. The molecule has 8 heteroatoms. The molecule has 0 bridgehead atoms. The van der Waals surface area contributed by atoms with Crippen LogP contribution >= 0.6 is 11.8 Å². The zero-order valence-electron chi connectivity index (χ0n) is 12.6. The van der Waals surface area contributed by atoms with Crippen LogP contribution in [0.1, 0.15) is 39.5 Å². The molecular weight excluding hydrogens is 296 g/mol. The Morgan fingerprint density at radius 2 is 1.76 bits per heavy atom. The van der Waals surface area contributed by atoms with E-state index in [0.29, 0.717) is 6.54 Å². The smallest absolute Gasteiger partial charge is 0.326 e. The summed E-state index contributed by atoms with van der Waals surface area (Å²) in [5.74, 6) is -2.34. The van der Waals surface area contributed by atoms with Crippen molar-refractivity contribution in [1.29, 1.82) is 0 Å². The Labute approximate surface area is 128 Å². The molecule has 0 fully saturated rings. The summed E-state index contributed by atoms with van der Waals surface area (Å²) in [7, 11) is 0. The van der Waals surface area contributed by atoms with Crippen LogP contribution in [0.3, 0.4) is 0 Å². The predicted molar refractivity (Wildman–Crippen MR) is 81.7 cm³/mol. The molecule has 1 atom stereocenters. The summed E-state index contributed by atoms with van der Waals surface area (Å²) in [5.41, 5.74) is 0. The first-order chi connectivity index (χ1) is 9.80. The first kappa shape index (κ1) is 19.6. The number of thioether (sulfide) groups is 1. The van der Waals surface area contributed by atoms with Crippen molar-refractivity contribution in [2.24, 2.45) is 0 Å². The van der Waals surface area contributed by atoms with Crippen LogP contribution in [0.2, 0.25) is 0 Å². The maximum Gasteiger partial charge on any atom is 0.326 e. The molecule has 0 aromatic carbocycles. The second-order valence-corrected chi connectivity index (χ2v) is 6.02. The molecule has 122 valence electrons. The van der Waals surface area contributed by atoms with Gasteiger partial charge in [0.05, 0.1) is 0 Å². The van der Waals surface area contributed by atoms with E-state index in [-0.39, 0.29) is 17.6 Å². The monoisotopic (exact) mass is 320 g/mol. The van der Waals surface area contributed by atoms with Crippen LogP contribution < -0.4 is 10.6 Å². The van der Waals surface area contributed by atoms with Gasteiger partial charge in [0.2, 0.25) is 0 Å². The van der Waals surface area contributed by atoms with Crippen molar-refractivity contribution in [3.05, 3.63) is 0 Å². The zero-order chi connectivity index (χ0) is 16.5. The van der Waals surface area contributed by atoms with E-state index in [1.54, 1.807) is 11.8 Å². The van der Waals surface area contributed by atoms with E-state index in [1.165, 1.54) is 0 Å². The van der Waals surface area contributed by atoms with Gasteiger partial charge in [-0.3, -0.25) is 4.79 Å². The zero-order valence-corrected chi connectivity index (χ0v) is 13.5. The Hall–Kier alpha value is -1.44. The third kappa shape index (κ3) is 7.22. The maximum atomic E-state index is 11.8. The Bertz CT molecular complexity index is 363. The number of carbonyl (C=O) groups is 3. The van der Waals surface area contributed by atoms with Crippen LogP contribution in [0.15, 0.2) is 0 Å². The minimum Gasteiger partial charge on any atom is -0.481 e. The van der Waals surface area contributed by atoms with Crippen molar-refractivity contribution < 1.29 is 24.6 Å². The van der Waals surface area contributed by atoms with Gasteiger partial charge in [-0.15, -0.1) is 0 Å². The minimum atomic E-state index is -1.24. The Kier molecular flexibility index (Phi) is 8.84. The molecule has 0 unspecified atom stereocenters. The van der Waals surface area contributed by atoms with Crippen LogP contribution in [-0.4, -0.2) is 51.8 Å². The topological polar surface area (TPSA) is 116 Å². The number of rotatable bonds is 10. The SMILES string of the molecule is CCC(CC)(CNC(=O)N[C@@H](CCC(=O)O)C(=O)O)SC. The lowest BCUT2D eigenvalue weighted by molar-refractivity contribution is -0.140. The van der Waals surface area contributed by atoms with Gasteiger partial charge in [0.1, 0.15) is 6.04 Å². The van der Waals surface area contributed by atoms with Crippen LogP contribution in [0.25, 0.3) is 0 Å². The van der Waals surface area contributed by atoms with E-state index in [9.17, 15) is 14.4 Å². The van der Waals surface area contributed by atoms with Crippen LogP contribution in [0.4, 0.5) is 4.79 Å². The van der Waals surface area contributed by atoms with Gasteiger partial charge in [-0.2, -0.15) is 11.8 Å². The van der Waals surface area contributed by atoms with E-state index in [4.69, 9.17) is 10.2 Å². The summed E-state index contributed by atoms with van der Waals surface area (Å²) in [6, 6.07) is -1.79. The maximum absolute atomic E-state index is 11.8. The molecule has 0 saturated heterocycles. The van der Waals surface area contributed by atoms with Gasteiger partial charge in [-0.05, 0) is 25.5 Å². The fraction of sp³-hybridized carbons (Fsp3) is 0.769. The summed E-state index contributed by atoms with van der Waals surface area (Å²) >= 11 is 1.66. The van der Waals surface area contributed by atoms with Gasteiger partial charge in [0.15, 0.2) is 0 Å². The number of hydrogen-bond acceptors (Lipinski definition) is 4. The average Bonchev–Trinajstić information content (AvgIpc) is 2.45. The van der Waals surface area contributed by atoms with Gasteiger partial charge in [0.25, 0.3) is 0 Å². The molecule has 0 aliphatic carbocycles. The highest BCUT2D eigenvalue weighted by Crippen LogP contribution is 2.29. The number of carbonyl (C=O) groups excluding carboxylic acids is 1. The number of nitrogens with one attached hydrogen (secondary N) is 2. The van der Waals surface area contributed by atoms with Crippen LogP contribution in [-0.2, 0) is 9.59 Å². The van der Waals surface area contributed by atoms with Gasteiger partial charge >= 0.3 is 18.0 Å². The van der Waals surface area contributed by atoms with Gasteiger partial charge in [0, 0.05) is 17.7 Å². The number of amides is 2. The van der Waals surface area contributed by atoms with Crippen LogP contribution in [0.5, 0.6) is 0 Å². The molecule has 7 nitrogen and oxygen atoms in total. The standard InChI is InChI=1S/C13H24N2O5S/c1-4-13(5-2,21-3)8-14-12(20)15-9(11(18)19)6-7-10(16)17/h9H,4-8H2,1-3H3,(H,16,17)(H,18,19)(H2,14,15,20)/t9-/m0/s1. The number of aliphatic carboxylic acids is 2. The molecular formula is C13H24N2O5S. The Morgan fingerprint density at radius 3 is 2.14 bits per heavy atom. The summed E-state index contributed by atoms with van der Waals surface area (Å²) < 4.78 is -0.0723. The fourth-order valence-corrected chi connectivity index (χ4v) is 2.63. The lowest BCUT2D eigenvalue weighted by Crippen LogP contribution is -2.49. The summed E-state index contributed by atoms with van der Waals surface area (Å²) in [5, 5.41) is 22.5. The van der Waals surface area contributed by atoms with E-state index >= 15 is 0 Å². The molecule has 0 aliphatic heterocycles. The largest absolute Gasteiger partial charge is 0.481 e. The minimum absolute atomic E-state index is 0.0723. The highest BCUT2D eigenvalue weighted by Gasteiger charge is 2.26. The molecule has 0 spiro atoms. The third-order valence-electron chi connectivity index (χ3n) is 3.54. The Morgan fingerprint density at radius 1 is 1.19 bits per heavy atom. The molecule has 0 aromatic heterocycles. The number of carboxylic acids is 2. The average molecular weight is 320 g/mol. The van der Waals surface area contributed by atoms with Gasteiger partial charge in [-0.25, -0.2) is 9.59 Å². The van der Waals surface area contributed by atoms with E-state index in [2.05, 4.69) is 10.6 Å². The van der Waals surface area contributed by atoms with Gasteiger partial charge < -0.3 is 20.8 Å². The van der Waals surface area contributed by atoms with E-state index in [0.717, 1.165) is 12.8 Å². The molecule has 0 aliphatic rings. The van der Waals surface area contributed by atoms with Crippen molar-refractivity contribution in [1.82, 2.24) is 10.6 Å². The van der Waals surface area contributed by atoms with E-state index < -0.39 is 24.0 Å². The quantitative estimate of drug-likeness (QED) is 0.485. The first-order valence-corrected chi connectivity index (χ1v) is 8.06. The van der Waals surface area contributed by atoms with Crippen LogP contribution in [0, 0.1) is 0 Å². The molecule has 0 radical (unpaired) electrons. The molecule has 0 heterocycles. The van der Waals surface area contributed by atoms with Crippen molar-refractivity contribution in [2.45, 2.75) is 50.3 Å². The van der Waals surface area contributed by atoms with Crippen molar-refractivity contribution >= 4 is 29.7 Å². The fourth-order valence-electron chi connectivity index (χ4n) is 1.84. The number of carboxylic acid groups (broad SMARTS) is 2. The van der Waals surface area contributed by atoms with Crippen molar-refractivity contribution in [2.75, 3.05) is 12.8 Å². The molecule has 0 aromatic rings. The second kappa shape index (κ2) is 9.49. The Balaban J connectivity index is 4.44. The second-order valence-electron chi connectivity index (χ2n) is 4.74. The first-order valence-electron chi connectivity index (χ1n) is 6.84. The van der Waals surface area contributed by atoms with E-state index in [1.807, 2.05) is 20.1 Å². The molecule has 4 N–H and O–H groups in total. The summed E-state index contributed by atoms with van der Waals surface area (Å²) in [6.45, 7) is 4.50. The molecule has 21 heavy (non-hydrogen) atoms. The molecule has 0 saturated carbocycles. The lowest BCUT2D eigenvalue weighted by atomic mass is 10.0. The highest BCUT2D eigenvalue weighted by atomic mass is 32.2. The van der Waals surface area contributed by atoms with Crippen molar-refractivity contribution in [3.8, 4) is 0 Å². The number of urea groups is 1. The highest BCUT2D eigenvalue weighted by molar-refractivity contribution is 8.00. The summed E-state index contributed by atoms with van der Waals surface area (Å²) in [6.07, 6.45) is 3.28. The summed E-state index contributed by atoms with van der Waals surface area (Å²) in [4.78, 5) is 33.2. The number of hydrogen-bond donors (Lipinski definition) is 4. The normalized spacial score (nSPS) is 12.5. The predicted octanol–water partition coefficient (Wildman–Crippen LogP) is 1.53. The van der Waals surface area contributed by atoms with Gasteiger partial charge in [-0.1, -0.05) is 13.8 Å². The molecule has 0 rings (SSSR count).